The molecule has 0 aromatic heterocycles. The molecule has 2 aromatic carbocycles. The predicted octanol–water partition coefficient (Wildman–Crippen LogP) is 5.95. The first-order chi connectivity index (χ1) is 14.8. The number of likely N-dealkylation sites (tertiary alicyclic amines) is 2. The van der Waals surface area contributed by atoms with E-state index in [9.17, 15) is 13.6 Å². The molecule has 2 fully saturated rings. The summed E-state index contributed by atoms with van der Waals surface area (Å²) < 4.78 is 26.6. The normalized spacial score (nSPS) is 20.7. The number of hydrogen-bond donors (Lipinski definition) is 1. The lowest BCUT2D eigenvalue weighted by atomic mass is 9.63. The second-order valence-electron chi connectivity index (χ2n) is 9.19. The van der Waals surface area contributed by atoms with E-state index in [-0.39, 0.29) is 17.1 Å². The number of rotatable bonds is 4. The highest BCUT2D eigenvalue weighted by Gasteiger charge is 2.54. The Morgan fingerprint density at radius 3 is 2.42 bits per heavy atom. The maximum absolute atomic E-state index is 13.4. The van der Waals surface area contributed by atoms with Crippen LogP contribution in [0.5, 0.6) is 0 Å². The zero-order valence-electron chi connectivity index (χ0n) is 17.9. The lowest BCUT2D eigenvalue weighted by molar-refractivity contribution is -0.111. The smallest absolute Gasteiger partial charge is 0.321 e. The van der Waals surface area contributed by atoms with Gasteiger partial charge in [-0.05, 0) is 48.6 Å². The third-order valence-electron chi connectivity index (χ3n) is 6.47. The van der Waals surface area contributed by atoms with E-state index < -0.39 is 11.6 Å². The van der Waals surface area contributed by atoms with E-state index in [1.165, 1.54) is 11.6 Å². The maximum atomic E-state index is 13.4. The van der Waals surface area contributed by atoms with E-state index in [1.807, 2.05) is 12.1 Å². The minimum Gasteiger partial charge on any atom is -0.324 e. The molecular formula is C24H28ClF2N3O. The summed E-state index contributed by atoms with van der Waals surface area (Å²) in [5.74, 6) is -1.32. The van der Waals surface area contributed by atoms with E-state index in [0.29, 0.717) is 25.0 Å². The van der Waals surface area contributed by atoms with E-state index >= 15 is 0 Å². The van der Waals surface area contributed by atoms with E-state index in [2.05, 4.69) is 36.2 Å². The third kappa shape index (κ3) is 4.55. The van der Waals surface area contributed by atoms with Crippen molar-refractivity contribution in [3.05, 3.63) is 64.7 Å². The number of piperidine rings is 1. The first-order valence-electron chi connectivity index (χ1n) is 10.8. The van der Waals surface area contributed by atoms with Crippen LogP contribution in [0, 0.1) is 23.0 Å². The van der Waals surface area contributed by atoms with Gasteiger partial charge < -0.3 is 10.2 Å². The van der Waals surface area contributed by atoms with Gasteiger partial charge in [-0.25, -0.2) is 13.6 Å². The summed E-state index contributed by atoms with van der Waals surface area (Å²) in [7, 11) is 0. The molecule has 1 spiro atoms. The third-order valence-corrected chi connectivity index (χ3v) is 6.72. The Kier molecular flexibility index (Phi) is 6.22. The summed E-state index contributed by atoms with van der Waals surface area (Å²) in [5, 5.41) is 3.41. The first kappa shape index (κ1) is 22.0. The molecule has 0 saturated carbocycles. The van der Waals surface area contributed by atoms with Crippen LogP contribution in [0.2, 0.25) is 5.02 Å². The largest absolute Gasteiger partial charge is 0.324 e. The number of carbonyl (C=O) groups excluding carboxylic acids is 1. The molecule has 7 heteroatoms. The second-order valence-corrected chi connectivity index (χ2v) is 9.62. The van der Waals surface area contributed by atoms with Gasteiger partial charge >= 0.3 is 6.03 Å². The molecule has 0 aliphatic carbocycles. The Hall–Kier alpha value is -2.18. The highest BCUT2D eigenvalue weighted by Crippen LogP contribution is 2.55. The molecule has 0 radical (unpaired) electrons. The zero-order chi connectivity index (χ0) is 22.2. The van der Waals surface area contributed by atoms with Gasteiger partial charge in [0.1, 0.15) is 0 Å². The first-order valence-corrected chi connectivity index (χ1v) is 11.2. The van der Waals surface area contributed by atoms with Crippen molar-refractivity contribution < 1.29 is 13.6 Å². The number of anilines is 1. The molecule has 2 aliphatic rings. The predicted molar refractivity (Wildman–Crippen MR) is 119 cm³/mol. The van der Waals surface area contributed by atoms with Crippen molar-refractivity contribution in [2.45, 2.75) is 32.7 Å². The lowest BCUT2D eigenvalue weighted by Crippen LogP contribution is -2.63. The van der Waals surface area contributed by atoms with Crippen molar-refractivity contribution in [1.82, 2.24) is 9.80 Å². The Bertz CT molecular complexity index is 942. The number of nitrogens with one attached hydrogen (secondary N) is 1. The fourth-order valence-corrected chi connectivity index (χ4v) is 5.19. The number of nitrogens with zero attached hydrogens (tertiary/aromatic N) is 2. The van der Waals surface area contributed by atoms with E-state index in [1.54, 1.807) is 4.90 Å². The number of halogens is 3. The van der Waals surface area contributed by atoms with Gasteiger partial charge in [0.25, 0.3) is 0 Å². The Balaban J connectivity index is 1.43. The Morgan fingerprint density at radius 1 is 1.13 bits per heavy atom. The van der Waals surface area contributed by atoms with E-state index in [0.717, 1.165) is 43.1 Å². The minimum absolute atomic E-state index is 0.140. The van der Waals surface area contributed by atoms with Crippen LogP contribution in [0.15, 0.2) is 42.5 Å². The molecule has 0 bridgehead atoms. The molecule has 166 valence electrons. The van der Waals surface area contributed by atoms with Crippen molar-refractivity contribution in [3.63, 3.8) is 0 Å². The van der Waals surface area contributed by atoms with Gasteiger partial charge in [0, 0.05) is 54.4 Å². The Morgan fingerprint density at radius 2 is 1.81 bits per heavy atom. The van der Waals surface area contributed by atoms with Crippen LogP contribution in [0.3, 0.4) is 0 Å². The van der Waals surface area contributed by atoms with Gasteiger partial charge in [0.2, 0.25) is 0 Å². The van der Waals surface area contributed by atoms with Gasteiger partial charge in [-0.1, -0.05) is 37.6 Å². The molecule has 1 unspecified atom stereocenters. The summed E-state index contributed by atoms with van der Waals surface area (Å²) >= 11 is 6.11. The van der Waals surface area contributed by atoms with Crippen LogP contribution in [0.4, 0.5) is 19.3 Å². The SMILES string of the molecule is CC(C)CN1CC2(CCN(C(=O)Nc3ccc(F)c(F)c3)CC2)C1c1ccc(Cl)cc1. The lowest BCUT2D eigenvalue weighted by Gasteiger charge is -2.61. The standard InChI is InChI=1S/C24H28ClF2N3O/c1-16(2)14-30-15-24(22(30)17-3-5-18(25)6-4-17)9-11-29(12-10-24)23(31)28-19-7-8-20(26)21(27)13-19/h3-8,13,16,22H,9-12,14-15H2,1-2H3,(H,28,31). The summed E-state index contributed by atoms with van der Waals surface area (Å²) in [4.78, 5) is 16.9. The fraction of sp³-hybridized carbons (Fsp3) is 0.458. The van der Waals surface area contributed by atoms with Crippen LogP contribution >= 0.6 is 11.6 Å². The highest BCUT2D eigenvalue weighted by molar-refractivity contribution is 6.30. The van der Waals surface area contributed by atoms with Gasteiger partial charge in [-0.3, -0.25) is 4.90 Å². The van der Waals surface area contributed by atoms with Crippen molar-refractivity contribution in [1.29, 1.82) is 0 Å². The van der Waals surface area contributed by atoms with Gasteiger partial charge in [-0.15, -0.1) is 0 Å². The van der Waals surface area contributed by atoms with Crippen LogP contribution in [0.1, 0.15) is 38.3 Å². The molecule has 2 aromatic rings. The summed E-state index contributed by atoms with van der Waals surface area (Å²) in [6.07, 6.45) is 1.81. The summed E-state index contributed by atoms with van der Waals surface area (Å²) in [5.41, 5.74) is 1.67. The van der Waals surface area contributed by atoms with Crippen molar-refractivity contribution >= 4 is 23.3 Å². The topological polar surface area (TPSA) is 35.6 Å². The van der Waals surface area contributed by atoms with Crippen LogP contribution in [-0.2, 0) is 0 Å². The zero-order valence-corrected chi connectivity index (χ0v) is 18.6. The molecule has 2 aliphatic heterocycles. The average molecular weight is 448 g/mol. The molecule has 2 saturated heterocycles. The molecule has 31 heavy (non-hydrogen) atoms. The quantitative estimate of drug-likeness (QED) is 0.629. The highest BCUT2D eigenvalue weighted by atomic mass is 35.5. The Labute approximate surface area is 187 Å². The molecule has 2 amide bonds. The van der Waals surface area contributed by atoms with Gasteiger partial charge in [0.05, 0.1) is 0 Å². The number of amides is 2. The van der Waals surface area contributed by atoms with Gasteiger partial charge in [-0.2, -0.15) is 0 Å². The van der Waals surface area contributed by atoms with Crippen molar-refractivity contribution in [2.24, 2.45) is 11.3 Å². The average Bonchev–Trinajstić information content (AvgIpc) is 2.72. The summed E-state index contributed by atoms with van der Waals surface area (Å²) in [6, 6.07) is 11.6. The fourth-order valence-electron chi connectivity index (χ4n) is 5.07. The van der Waals surface area contributed by atoms with E-state index in [4.69, 9.17) is 11.6 Å². The molecular weight excluding hydrogens is 420 g/mol. The molecule has 2 heterocycles. The summed E-state index contributed by atoms with van der Waals surface area (Å²) in [6.45, 7) is 7.79. The second kappa shape index (κ2) is 8.75. The van der Waals surface area contributed by atoms with Crippen LogP contribution < -0.4 is 5.32 Å². The van der Waals surface area contributed by atoms with Crippen molar-refractivity contribution in [2.75, 3.05) is 31.5 Å². The molecule has 4 nitrogen and oxygen atoms in total. The number of benzene rings is 2. The molecule has 1 N–H and O–H groups in total. The minimum atomic E-state index is -0.971. The van der Waals surface area contributed by atoms with Crippen molar-refractivity contribution in [3.8, 4) is 0 Å². The number of carbonyl (C=O) groups is 1. The monoisotopic (exact) mass is 447 g/mol. The number of urea groups is 1. The molecule has 1 atom stereocenters. The van der Waals surface area contributed by atoms with Crippen LogP contribution in [0.25, 0.3) is 0 Å². The van der Waals surface area contributed by atoms with Gasteiger partial charge in [0.15, 0.2) is 11.6 Å². The molecule has 4 rings (SSSR count). The van der Waals surface area contributed by atoms with Crippen LogP contribution in [-0.4, -0.2) is 42.0 Å². The number of hydrogen-bond acceptors (Lipinski definition) is 2. The maximum Gasteiger partial charge on any atom is 0.321 e.